The normalized spacial score (nSPS) is 10.5. The predicted octanol–water partition coefficient (Wildman–Crippen LogP) is -0.921. The Morgan fingerprint density at radius 2 is 1.95 bits per heavy atom. The number of hydrogen-bond donors (Lipinski definition) is 1. The Hall–Kier alpha value is -3.17. The van der Waals surface area contributed by atoms with Crippen LogP contribution in [0.3, 0.4) is 0 Å². The predicted molar refractivity (Wildman–Crippen MR) is 69.3 cm³/mol. The number of amides is 1. The summed E-state index contributed by atoms with van der Waals surface area (Å²) in [5.41, 5.74) is 0.234. The first kappa shape index (κ1) is 12.8. The van der Waals surface area contributed by atoms with E-state index in [1.54, 1.807) is 23.1 Å². The van der Waals surface area contributed by atoms with Crippen molar-refractivity contribution in [3.63, 3.8) is 0 Å². The average Bonchev–Trinajstić information content (AvgIpc) is 3.21. The molecule has 3 rings (SSSR count). The lowest BCUT2D eigenvalue weighted by Gasteiger charge is -2.04. The number of rotatable bonds is 5. The van der Waals surface area contributed by atoms with Gasteiger partial charge in [0, 0.05) is 6.54 Å². The second-order valence-electron chi connectivity index (χ2n) is 4.03. The minimum absolute atomic E-state index is 0.234. The van der Waals surface area contributed by atoms with Gasteiger partial charge in [-0.1, -0.05) is 0 Å². The van der Waals surface area contributed by atoms with Gasteiger partial charge in [-0.15, -0.1) is 10.2 Å². The summed E-state index contributed by atoms with van der Waals surface area (Å²) in [4.78, 5) is 19.5. The third-order valence-electron chi connectivity index (χ3n) is 2.63. The van der Waals surface area contributed by atoms with E-state index in [1.807, 2.05) is 0 Å². The summed E-state index contributed by atoms with van der Waals surface area (Å²) >= 11 is 0. The number of carbonyl (C=O) groups excluding carboxylic acids is 1. The van der Waals surface area contributed by atoms with Crippen molar-refractivity contribution in [2.24, 2.45) is 0 Å². The van der Waals surface area contributed by atoms with Gasteiger partial charge in [0.25, 0.3) is 5.91 Å². The van der Waals surface area contributed by atoms with Crippen LogP contribution in [0.1, 0.15) is 10.5 Å². The molecule has 0 aliphatic rings. The molecule has 0 aliphatic heterocycles. The van der Waals surface area contributed by atoms with Gasteiger partial charge in [0.1, 0.15) is 25.3 Å². The Balaban J connectivity index is 1.57. The van der Waals surface area contributed by atoms with Crippen LogP contribution >= 0.6 is 0 Å². The third kappa shape index (κ3) is 3.05. The van der Waals surface area contributed by atoms with Gasteiger partial charge in [0.15, 0.2) is 11.5 Å². The Morgan fingerprint density at radius 3 is 2.62 bits per heavy atom. The van der Waals surface area contributed by atoms with Gasteiger partial charge in [-0.3, -0.25) is 9.48 Å². The molecular formula is C11H11N9O. The maximum Gasteiger partial charge on any atom is 0.271 e. The number of carbonyl (C=O) groups is 1. The molecule has 10 heteroatoms. The molecule has 1 N–H and O–H groups in total. The third-order valence-corrected chi connectivity index (χ3v) is 2.63. The summed E-state index contributed by atoms with van der Waals surface area (Å²) in [6.07, 6.45) is 5.92. The highest BCUT2D eigenvalue weighted by atomic mass is 16.1. The number of aromatic nitrogens is 8. The van der Waals surface area contributed by atoms with E-state index in [1.165, 1.54) is 23.7 Å². The van der Waals surface area contributed by atoms with E-state index in [-0.39, 0.29) is 11.6 Å². The molecule has 0 saturated heterocycles. The quantitative estimate of drug-likeness (QED) is 0.644. The van der Waals surface area contributed by atoms with Crippen molar-refractivity contribution in [1.82, 2.24) is 45.0 Å². The van der Waals surface area contributed by atoms with Crippen molar-refractivity contribution in [2.45, 2.75) is 6.54 Å². The molecule has 0 radical (unpaired) electrons. The summed E-state index contributed by atoms with van der Waals surface area (Å²) in [5, 5.41) is 18.4. The van der Waals surface area contributed by atoms with Crippen LogP contribution < -0.4 is 5.32 Å². The highest BCUT2D eigenvalue weighted by Crippen LogP contribution is 2.00. The Morgan fingerprint density at radius 1 is 1.10 bits per heavy atom. The molecule has 0 aromatic carbocycles. The van der Waals surface area contributed by atoms with E-state index in [0.29, 0.717) is 18.9 Å². The maximum absolute atomic E-state index is 11.9. The van der Waals surface area contributed by atoms with Gasteiger partial charge in [-0.05, 0) is 12.1 Å². The largest absolute Gasteiger partial charge is 0.349 e. The van der Waals surface area contributed by atoms with Crippen LogP contribution in [0.4, 0.5) is 0 Å². The fourth-order valence-electron chi connectivity index (χ4n) is 1.62. The monoisotopic (exact) mass is 285 g/mol. The molecule has 10 nitrogen and oxygen atoms in total. The van der Waals surface area contributed by atoms with E-state index in [2.05, 4.69) is 35.7 Å². The first-order valence-electron chi connectivity index (χ1n) is 6.12. The molecule has 21 heavy (non-hydrogen) atoms. The molecule has 3 aromatic heterocycles. The fraction of sp³-hybridized carbons (Fsp3) is 0.182. The molecule has 0 unspecified atom stereocenters. The van der Waals surface area contributed by atoms with Crippen LogP contribution in [0.25, 0.3) is 5.82 Å². The van der Waals surface area contributed by atoms with Gasteiger partial charge < -0.3 is 5.32 Å². The second-order valence-corrected chi connectivity index (χ2v) is 4.03. The molecule has 1 amide bonds. The molecule has 0 aliphatic carbocycles. The molecule has 106 valence electrons. The van der Waals surface area contributed by atoms with Crippen LogP contribution in [0, 0.1) is 0 Å². The standard InChI is InChI=1S/C11H11N9O/c21-11(14-3-4-19-7-12-5-15-19)9-1-2-10(18-17-9)20-8-13-6-16-20/h1-2,5-8H,3-4H2,(H,14,21). The van der Waals surface area contributed by atoms with Gasteiger partial charge in [0.05, 0.1) is 6.54 Å². The van der Waals surface area contributed by atoms with Crippen molar-refractivity contribution in [1.29, 1.82) is 0 Å². The van der Waals surface area contributed by atoms with Crippen LogP contribution in [-0.2, 0) is 6.54 Å². The van der Waals surface area contributed by atoms with Crippen molar-refractivity contribution < 1.29 is 4.79 Å². The lowest BCUT2D eigenvalue weighted by molar-refractivity contribution is 0.0946. The SMILES string of the molecule is O=C(NCCn1cncn1)c1ccc(-n2cncn2)nn1. The van der Waals surface area contributed by atoms with Crippen molar-refractivity contribution in [2.75, 3.05) is 6.54 Å². The zero-order chi connectivity index (χ0) is 14.5. The number of hydrogen-bond acceptors (Lipinski definition) is 7. The van der Waals surface area contributed by atoms with E-state index >= 15 is 0 Å². The first-order valence-corrected chi connectivity index (χ1v) is 6.12. The molecule has 0 spiro atoms. The highest BCUT2D eigenvalue weighted by Gasteiger charge is 2.08. The Bertz CT molecular complexity index is 690. The maximum atomic E-state index is 11.9. The van der Waals surface area contributed by atoms with Crippen molar-refractivity contribution in [3.8, 4) is 5.82 Å². The fourth-order valence-corrected chi connectivity index (χ4v) is 1.62. The Labute approximate surface area is 118 Å². The van der Waals surface area contributed by atoms with Gasteiger partial charge >= 0.3 is 0 Å². The summed E-state index contributed by atoms with van der Waals surface area (Å²) in [6.45, 7) is 0.963. The lowest BCUT2D eigenvalue weighted by atomic mass is 10.3. The van der Waals surface area contributed by atoms with E-state index in [0.717, 1.165) is 0 Å². The first-order chi connectivity index (χ1) is 10.3. The van der Waals surface area contributed by atoms with E-state index in [9.17, 15) is 4.79 Å². The van der Waals surface area contributed by atoms with Crippen LogP contribution in [0.2, 0.25) is 0 Å². The second kappa shape index (κ2) is 5.86. The summed E-state index contributed by atoms with van der Waals surface area (Å²) in [6, 6.07) is 3.23. The summed E-state index contributed by atoms with van der Waals surface area (Å²) in [7, 11) is 0. The smallest absolute Gasteiger partial charge is 0.271 e. The molecule has 0 saturated carbocycles. The zero-order valence-corrected chi connectivity index (χ0v) is 10.9. The molecule has 0 bridgehead atoms. The summed E-state index contributed by atoms with van der Waals surface area (Å²) in [5.74, 6) is 0.194. The minimum atomic E-state index is -0.298. The molecule has 3 heterocycles. The number of nitrogens with one attached hydrogen (secondary N) is 1. The summed E-state index contributed by atoms with van der Waals surface area (Å²) < 4.78 is 3.08. The van der Waals surface area contributed by atoms with Crippen LogP contribution in [-0.4, -0.2) is 52.2 Å². The van der Waals surface area contributed by atoms with Gasteiger partial charge in [-0.2, -0.15) is 10.2 Å². The van der Waals surface area contributed by atoms with Crippen molar-refractivity contribution in [3.05, 3.63) is 43.1 Å². The van der Waals surface area contributed by atoms with Crippen LogP contribution in [0.15, 0.2) is 37.4 Å². The highest BCUT2D eigenvalue weighted by molar-refractivity contribution is 5.92. The topological polar surface area (TPSA) is 116 Å². The molecule has 0 fully saturated rings. The number of nitrogens with zero attached hydrogens (tertiary/aromatic N) is 8. The van der Waals surface area contributed by atoms with Crippen LogP contribution in [0.5, 0.6) is 0 Å². The van der Waals surface area contributed by atoms with Gasteiger partial charge in [0.2, 0.25) is 0 Å². The molecule has 3 aromatic rings. The van der Waals surface area contributed by atoms with Crippen molar-refractivity contribution >= 4 is 5.91 Å². The molecular weight excluding hydrogens is 274 g/mol. The van der Waals surface area contributed by atoms with E-state index < -0.39 is 0 Å². The minimum Gasteiger partial charge on any atom is -0.349 e. The Kier molecular flexibility index (Phi) is 3.58. The van der Waals surface area contributed by atoms with E-state index in [4.69, 9.17) is 0 Å². The molecule has 0 atom stereocenters. The zero-order valence-electron chi connectivity index (χ0n) is 10.9. The average molecular weight is 285 g/mol. The van der Waals surface area contributed by atoms with Gasteiger partial charge in [-0.25, -0.2) is 14.6 Å². The lowest BCUT2D eigenvalue weighted by Crippen LogP contribution is -2.28.